The van der Waals surface area contributed by atoms with Crippen LogP contribution in [-0.2, 0) is 29.4 Å². The molecule has 1 unspecified atom stereocenters. The van der Waals surface area contributed by atoms with Crippen LogP contribution in [-0.4, -0.2) is 64.0 Å². The Morgan fingerprint density at radius 3 is 1.96 bits per heavy atom. The van der Waals surface area contributed by atoms with Gasteiger partial charge in [-0.2, -0.15) is 13.2 Å². The highest BCUT2D eigenvalue weighted by Crippen LogP contribution is 2.34. The minimum atomic E-state index is -4.86. The summed E-state index contributed by atoms with van der Waals surface area (Å²) in [6.07, 6.45) is -3.66. The van der Waals surface area contributed by atoms with E-state index < -0.39 is 56.0 Å². The zero-order valence-corrected chi connectivity index (χ0v) is 26.4. The van der Waals surface area contributed by atoms with Gasteiger partial charge in [0.1, 0.15) is 0 Å². The van der Waals surface area contributed by atoms with E-state index >= 15 is 0 Å². The molecule has 0 spiro atoms. The normalized spacial score (nSPS) is 17.4. The van der Waals surface area contributed by atoms with Gasteiger partial charge in [-0.1, -0.05) is 68.4 Å². The van der Waals surface area contributed by atoms with Gasteiger partial charge in [-0.15, -0.1) is 0 Å². The minimum Gasteiger partial charge on any atom is -0.339 e. The first-order valence-electron chi connectivity index (χ1n) is 14.1. The Morgan fingerprint density at radius 1 is 0.889 bits per heavy atom. The predicted octanol–water partition coefficient (Wildman–Crippen LogP) is 4.47. The van der Waals surface area contributed by atoms with Crippen LogP contribution in [0.25, 0.3) is 11.1 Å². The van der Waals surface area contributed by atoms with Gasteiger partial charge in [0.05, 0.1) is 21.9 Å². The first kappa shape index (κ1) is 34.1. The van der Waals surface area contributed by atoms with Crippen LogP contribution in [0.4, 0.5) is 13.2 Å². The number of nitrogens with zero attached hydrogens (tertiary/aromatic N) is 1. The monoisotopic (exact) mass is 665 g/mol. The van der Waals surface area contributed by atoms with Crippen LogP contribution in [0.2, 0.25) is 0 Å². The number of hydrogen-bond donors (Lipinski definition) is 2. The summed E-state index contributed by atoms with van der Waals surface area (Å²) in [5, 5.41) is 4.91. The van der Waals surface area contributed by atoms with E-state index in [9.17, 15) is 39.6 Å². The van der Waals surface area contributed by atoms with Gasteiger partial charge < -0.3 is 5.32 Å². The Balaban J connectivity index is 1.51. The van der Waals surface area contributed by atoms with Gasteiger partial charge in [-0.3, -0.25) is 14.9 Å². The molecule has 2 N–H and O–H groups in total. The number of sulfone groups is 1. The maximum Gasteiger partial charge on any atom is 0.412 e. The summed E-state index contributed by atoms with van der Waals surface area (Å²) in [5.41, 5.74) is 0.903. The van der Waals surface area contributed by atoms with Crippen LogP contribution >= 0.6 is 0 Å². The Kier molecular flexibility index (Phi) is 10.1. The summed E-state index contributed by atoms with van der Waals surface area (Å²) in [6, 6.07) is 14.0. The third-order valence-corrected chi connectivity index (χ3v) is 10.3. The molecule has 0 radical (unpaired) electrons. The smallest absolute Gasteiger partial charge is 0.339 e. The molecular formula is C31H34F3N3O6S2. The van der Waals surface area contributed by atoms with E-state index in [1.807, 2.05) is 0 Å². The summed E-state index contributed by atoms with van der Waals surface area (Å²) in [5.74, 6) is -1.91. The van der Waals surface area contributed by atoms with Crippen LogP contribution in [0.5, 0.6) is 0 Å². The van der Waals surface area contributed by atoms with E-state index in [0.29, 0.717) is 11.1 Å². The average molecular weight is 666 g/mol. The average Bonchev–Trinajstić information content (AvgIpc) is 3.35. The number of nitrogens with one attached hydrogen (secondary N) is 2. The summed E-state index contributed by atoms with van der Waals surface area (Å²) in [6.45, 7) is 3.40. The number of sulfonamides is 1. The number of amides is 2. The van der Waals surface area contributed by atoms with E-state index in [1.165, 1.54) is 60.7 Å². The third kappa shape index (κ3) is 8.10. The zero-order valence-electron chi connectivity index (χ0n) is 24.8. The molecule has 3 atom stereocenters. The number of rotatable bonds is 11. The lowest BCUT2D eigenvalue weighted by molar-refractivity contribution is -0.164. The van der Waals surface area contributed by atoms with Gasteiger partial charge in [0, 0.05) is 12.8 Å². The van der Waals surface area contributed by atoms with Crippen LogP contribution < -0.4 is 10.6 Å². The van der Waals surface area contributed by atoms with Crippen LogP contribution in [0.15, 0.2) is 88.7 Å². The number of carbonyl (C=O) groups excluding carboxylic acids is 2. The van der Waals surface area contributed by atoms with Crippen molar-refractivity contribution in [2.45, 2.75) is 60.8 Å². The summed E-state index contributed by atoms with van der Waals surface area (Å²) in [7, 11) is -7.55. The van der Waals surface area contributed by atoms with Gasteiger partial charge in [0.25, 0.3) is 15.9 Å². The second kappa shape index (κ2) is 13.3. The van der Waals surface area contributed by atoms with Gasteiger partial charge >= 0.3 is 6.18 Å². The fourth-order valence-corrected chi connectivity index (χ4v) is 7.19. The molecule has 1 fully saturated rings. The lowest BCUT2D eigenvalue weighted by Gasteiger charge is -2.28. The largest absolute Gasteiger partial charge is 0.412 e. The molecule has 1 heterocycles. The predicted molar refractivity (Wildman–Crippen MR) is 162 cm³/mol. The Labute approximate surface area is 260 Å². The van der Waals surface area contributed by atoms with Crippen LogP contribution in [0, 0.1) is 5.92 Å². The molecule has 9 nitrogen and oxygen atoms in total. The molecule has 1 aliphatic heterocycles. The number of alkyl halides is 3. The lowest BCUT2D eigenvalue weighted by atomic mass is 9.98. The molecule has 4 rings (SSSR count). The summed E-state index contributed by atoms with van der Waals surface area (Å²) < 4.78 is 93.0. The minimum absolute atomic E-state index is 0.0437. The van der Waals surface area contributed by atoms with Gasteiger partial charge in [-0.05, 0) is 59.7 Å². The third-order valence-electron chi connectivity index (χ3n) is 7.40. The van der Waals surface area contributed by atoms with Gasteiger partial charge in [0.15, 0.2) is 15.9 Å². The summed E-state index contributed by atoms with van der Waals surface area (Å²) >= 11 is 0. The van der Waals surface area contributed by atoms with E-state index in [2.05, 4.69) is 10.6 Å². The molecule has 14 heteroatoms. The highest BCUT2D eigenvalue weighted by molar-refractivity contribution is 7.90. The Bertz CT molecular complexity index is 1730. The van der Waals surface area contributed by atoms with Crippen molar-refractivity contribution in [1.29, 1.82) is 0 Å². The van der Waals surface area contributed by atoms with Gasteiger partial charge in [0.2, 0.25) is 5.91 Å². The van der Waals surface area contributed by atoms with Crippen LogP contribution in [0.1, 0.15) is 38.3 Å². The molecule has 0 bridgehead atoms. The second-order valence-electron chi connectivity index (χ2n) is 11.3. The first-order valence-corrected chi connectivity index (χ1v) is 17.5. The summed E-state index contributed by atoms with van der Waals surface area (Å²) in [4.78, 5) is 26.5. The molecule has 1 saturated heterocycles. The van der Waals surface area contributed by atoms with Crippen molar-refractivity contribution in [3.63, 3.8) is 0 Å². The fourth-order valence-electron chi connectivity index (χ4n) is 5.09. The quantitative estimate of drug-likeness (QED) is 0.309. The van der Waals surface area contributed by atoms with E-state index in [4.69, 9.17) is 0 Å². The van der Waals surface area contributed by atoms with Crippen molar-refractivity contribution in [3.8, 4) is 11.1 Å². The fraction of sp³-hybridized carbons (Fsp3) is 0.355. The van der Waals surface area contributed by atoms with E-state index in [0.717, 1.165) is 10.6 Å². The topological polar surface area (TPSA) is 130 Å². The second-order valence-corrected chi connectivity index (χ2v) is 15.2. The van der Waals surface area contributed by atoms with E-state index in [-0.39, 0.29) is 40.7 Å². The molecule has 3 aromatic carbocycles. The maximum atomic E-state index is 14.3. The molecule has 1 aliphatic rings. The molecule has 0 saturated carbocycles. The zero-order chi connectivity index (χ0) is 33.2. The van der Waals surface area contributed by atoms with Crippen molar-refractivity contribution in [2.75, 3.05) is 12.8 Å². The van der Waals surface area contributed by atoms with Crippen molar-refractivity contribution in [1.82, 2.24) is 14.9 Å². The molecule has 0 aromatic heterocycles. The molecule has 2 amide bonds. The van der Waals surface area contributed by atoms with Crippen molar-refractivity contribution < 1.29 is 39.6 Å². The lowest BCUT2D eigenvalue weighted by Crippen LogP contribution is -2.53. The Hall–Kier alpha value is -3.75. The molecule has 0 aliphatic carbocycles. The Morgan fingerprint density at radius 2 is 1.44 bits per heavy atom. The molecule has 45 heavy (non-hydrogen) atoms. The first-order chi connectivity index (χ1) is 21.0. The highest BCUT2D eigenvalue weighted by atomic mass is 32.2. The number of hydrogen-bond acceptors (Lipinski definition) is 7. The maximum absolute atomic E-state index is 14.3. The number of benzene rings is 3. The molecule has 3 aromatic rings. The molecular weight excluding hydrogens is 631 g/mol. The standard InChI is InChI=1S/C31H34F3N3O6S2/c1-20(2)19-27(35-26-17-18-37(30(26)39)45(42,43)25-7-5-4-6-8-25)29(38)36-28(31(32,33)34)23-11-9-21(10-12-23)22-13-15-24(16-14-22)44(3,40)41/h4-16,20,26-28,35H,17-19H2,1-3H3,(H,36,38)/t26?,27-,28-/m0/s1. The van der Waals surface area contributed by atoms with Gasteiger partial charge in [-0.25, -0.2) is 21.1 Å². The molecule has 242 valence electrons. The van der Waals surface area contributed by atoms with Crippen molar-refractivity contribution >= 4 is 31.7 Å². The highest BCUT2D eigenvalue weighted by Gasteiger charge is 2.44. The van der Waals surface area contributed by atoms with Crippen molar-refractivity contribution in [2.24, 2.45) is 5.92 Å². The number of carbonyl (C=O) groups is 2. The SMILES string of the molecule is CC(C)C[C@H](NC1CCN(S(=O)(=O)c2ccccc2)C1=O)C(=O)N[C@@H](c1ccc(-c2ccc(S(C)(=O)=O)cc2)cc1)C(F)(F)F. The van der Waals surface area contributed by atoms with Crippen LogP contribution in [0.3, 0.4) is 0 Å². The van der Waals surface area contributed by atoms with E-state index in [1.54, 1.807) is 32.0 Å². The number of halogens is 3. The van der Waals surface area contributed by atoms with Crippen molar-refractivity contribution in [3.05, 3.63) is 84.4 Å².